The van der Waals surface area contributed by atoms with Gasteiger partial charge in [0.25, 0.3) is 0 Å². The molecule has 2 nitrogen and oxygen atoms in total. The van der Waals surface area contributed by atoms with E-state index in [1.807, 2.05) is 0 Å². The van der Waals surface area contributed by atoms with Crippen LogP contribution in [0.25, 0.3) is 0 Å². The van der Waals surface area contributed by atoms with Crippen LogP contribution < -0.4 is 11.5 Å². The van der Waals surface area contributed by atoms with E-state index in [1.165, 1.54) is 51.4 Å². The van der Waals surface area contributed by atoms with E-state index in [2.05, 4.69) is 6.92 Å². The Hall–Kier alpha value is 0.608. The van der Waals surface area contributed by atoms with E-state index < -0.39 is 0 Å². The molecule has 0 heterocycles. The van der Waals surface area contributed by atoms with Gasteiger partial charge in [-0.1, -0.05) is 39.0 Å². The molecule has 16 heavy (non-hydrogen) atoms. The number of hydrogen-bond acceptors (Lipinski definition) is 2. The van der Waals surface area contributed by atoms with Gasteiger partial charge in [0, 0.05) is 21.1 Å². The molecule has 0 atom stereocenters. The normalized spacial score (nSPS) is 10.5. The van der Waals surface area contributed by atoms with Crippen LogP contribution in [0.4, 0.5) is 0 Å². The van der Waals surface area contributed by atoms with Crippen molar-refractivity contribution in [2.75, 3.05) is 13.1 Å². The molecule has 98 valence electrons. The number of unbranched alkanes of at least 4 members (excludes halogenated alkanes) is 3. The summed E-state index contributed by atoms with van der Waals surface area (Å²) in [6.45, 7) is 3.92. The Bertz CT molecular complexity index is 111. The van der Waals surface area contributed by atoms with Gasteiger partial charge >= 0.3 is 0 Å². The molecule has 0 rings (SSSR count). The van der Waals surface area contributed by atoms with Crippen molar-refractivity contribution in [2.24, 2.45) is 11.5 Å². The van der Waals surface area contributed by atoms with Gasteiger partial charge < -0.3 is 17.4 Å². The maximum absolute atomic E-state index is 5.55. The molecule has 0 aliphatic heterocycles. The molecule has 3 heteroatoms. The minimum absolute atomic E-state index is 0. The maximum Gasteiger partial charge on any atom is 0 e. The summed E-state index contributed by atoms with van der Waals surface area (Å²) in [4.78, 5) is 0. The third-order valence-electron chi connectivity index (χ3n) is 2.85. The zero-order valence-corrected chi connectivity index (χ0v) is 13.8. The molecule has 0 radical (unpaired) electrons. The van der Waals surface area contributed by atoms with Crippen molar-refractivity contribution in [3.05, 3.63) is 5.92 Å². The molecule has 0 aliphatic carbocycles. The molecule has 0 unspecified atom stereocenters. The van der Waals surface area contributed by atoms with Crippen LogP contribution in [0.3, 0.4) is 0 Å². The first-order valence-electron chi connectivity index (χ1n) is 6.58. The predicted octanol–water partition coefficient (Wildman–Crippen LogP) is 3.01. The predicted molar refractivity (Wildman–Crippen MR) is 68.6 cm³/mol. The SMILES string of the molecule is CCCCC[C-](CCCN)CCCCN.[W]. The zero-order valence-electron chi connectivity index (χ0n) is 10.8. The summed E-state index contributed by atoms with van der Waals surface area (Å²) in [7, 11) is 0. The topological polar surface area (TPSA) is 52.0 Å². The van der Waals surface area contributed by atoms with Crippen molar-refractivity contribution < 1.29 is 21.1 Å². The Morgan fingerprint density at radius 2 is 1.25 bits per heavy atom. The quantitative estimate of drug-likeness (QED) is 0.416. The van der Waals surface area contributed by atoms with Gasteiger partial charge in [-0.05, 0) is 19.5 Å². The van der Waals surface area contributed by atoms with Crippen LogP contribution in [0.2, 0.25) is 0 Å². The van der Waals surface area contributed by atoms with E-state index in [1.54, 1.807) is 5.92 Å². The molecule has 0 aliphatic rings. The van der Waals surface area contributed by atoms with Crippen LogP contribution in [0.5, 0.6) is 0 Å². The van der Waals surface area contributed by atoms with Crippen LogP contribution >= 0.6 is 0 Å². The molecular weight excluding hydrogens is 368 g/mol. The van der Waals surface area contributed by atoms with Crippen LogP contribution in [0.1, 0.15) is 64.7 Å². The molecule has 0 aromatic heterocycles. The van der Waals surface area contributed by atoms with Gasteiger partial charge in [0.1, 0.15) is 0 Å². The summed E-state index contributed by atoms with van der Waals surface area (Å²) in [5.74, 6) is 1.72. The fourth-order valence-corrected chi connectivity index (χ4v) is 1.87. The van der Waals surface area contributed by atoms with E-state index in [9.17, 15) is 0 Å². The van der Waals surface area contributed by atoms with Gasteiger partial charge in [0.2, 0.25) is 0 Å². The first-order chi connectivity index (χ1) is 7.35. The minimum atomic E-state index is 0. The molecule has 0 fully saturated rings. The van der Waals surface area contributed by atoms with Crippen molar-refractivity contribution in [3.8, 4) is 0 Å². The second kappa shape index (κ2) is 15.6. The smallest absolute Gasteiger partial charge is 0 e. The molecule has 4 N–H and O–H groups in total. The van der Waals surface area contributed by atoms with Crippen LogP contribution in [-0.2, 0) is 21.1 Å². The van der Waals surface area contributed by atoms with Gasteiger partial charge in [-0.2, -0.15) is 19.3 Å². The van der Waals surface area contributed by atoms with Crippen molar-refractivity contribution in [3.63, 3.8) is 0 Å². The molecule has 0 amide bonds. The van der Waals surface area contributed by atoms with Crippen molar-refractivity contribution in [1.82, 2.24) is 0 Å². The summed E-state index contributed by atoms with van der Waals surface area (Å²) < 4.78 is 0. The zero-order chi connectivity index (χ0) is 11.4. The van der Waals surface area contributed by atoms with Gasteiger partial charge in [-0.25, -0.2) is 0 Å². The molecule has 0 saturated carbocycles. The Balaban J connectivity index is 0. The van der Waals surface area contributed by atoms with Crippen molar-refractivity contribution >= 4 is 0 Å². The minimum Gasteiger partial charge on any atom is -0.331 e. The molecule has 0 aromatic rings. The number of rotatable bonds is 11. The van der Waals surface area contributed by atoms with E-state index in [4.69, 9.17) is 11.5 Å². The third-order valence-corrected chi connectivity index (χ3v) is 2.85. The van der Waals surface area contributed by atoms with Crippen LogP contribution in [0, 0.1) is 5.92 Å². The molecule has 0 spiro atoms. The first kappa shape index (κ1) is 19.0. The first-order valence-corrected chi connectivity index (χ1v) is 6.58. The van der Waals surface area contributed by atoms with E-state index >= 15 is 0 Å². The summed E-state index contributed by atoms with van der Waals surface area (Å²) in [6, 6.07) is 0. The van der Waals surface area contributed by atoms with E-state index in [0.717, 1.165) is 19.5 Å². The standard InChI is InChI=1S/C13H29N2.W/c1-2-3-4-8-13(10-7-12-15)9-5-6-11-14;/h2-12,14-15H2,1H3;/q-1;. The number of hydrogen-bond donors (Lipinski definition) is 2. The van der Waals surface area contributed by atoms with Crippen LogP contribution in [-0.4, -0.2) is 13.1 Å². The Labute approximate surface area is 116 Å². The Kier molecular flexibility index (Phi) is 18.5. The van der Waals surface area contributed by atoms with Gasteiger partial charge in [-0.15, -0.1) is 0 Å². The second-order valence-corrected chi connectivity index (χ2v) is 4.35. The summed E-state index contributed by atoms with van der Waals surface area (Å²) in [6.07, 6.45) is 11.5. The number of nitrogens with two attached hydrogens (primary N) is 2. The van der Waals surface area contributed by atoms with Crippen molar-refractivity contribution in [1.29, 1.82) is 0 Å². The largest absolute Gasteiger partial charge is 0.331 e. The maximum atomic E-state index is 5.55. The van der Waals surface area contributed by atoms with Gasteiger partial charge in [0.15, 0.2) is 0 Å². The fraction of sp³-hybridized carbons (Fsp3) is 0.923. The van der Waals surface area contributed by atoms with Crippen LogP contribution in [0.15, 0.2) is 0 Å². The monoisotopic (exact) mass is 397 g/mol. The van der Waals surface area contributed by atoms with Gasteiger partial charge in [0.05, 0.1) is 0 Å². The second-order valence-electron chi connectivity index (χ2n) is 4.35. The fourth-order valence-electron chi connectivity index (χ4n) is 1.87. The Morgan fingerprint density at radius 3 is 1.75 bits per heavy atom. The average Bonchev–Trinajstić information content (AvgIpc) is 2.25. The molecule has 0 aromatic carbocycles. The summed E-state index contributed by atoms with van der Waals surface area (Å²) in [5, 5.41) is 0. The van der Waals surface area contributed by atoms with E-state index in [0.29, 0.717) is 0 Å². The molecular formula is C13H29N2W-. The summed E-state index contributed by atoms with van der Waals surface area (Å²) >= 11 is 0. The summed E-state index contributed by atoms with van der Waals surface area (Å²) in [5.41, 5.74) is 11.1. The average molecular weight is 397 g/mol. The van der Waals surface area contributed by atoms with Gasteiger partial charge in [-0.3, -0.25) is 0 Å². The molecule has 0 saturated heterocycles. The Morgan fingerprint density at radius 1 is 0.750 bits per heavy atom. The molecule has 0 bridgehead atoms. The van der Waals surface area contributed by atoms with Crippen molar-refractivity contribution in [2.45, 2.75) is 64.7 Å². The third kappa shape index (κ3) is 12.7. The van der Waals surface area contributed by atoms with E-state index in [-0.39, 0.29) is 21.1 Å².